The molecule has 2 amide bonds. The molecule has 1 aliphatic rings. The van der Waals surface area contributed by atoms with Crippen molar-refractivity contribution in [1.29, 1.82) is 0 Å². The zero-order valence-corrected chi connectivity index (χ0v) is 20.8. The summed E-state index contributed by atoms with van der Waals surface area (Å²) >= 11 is 0. The predicted octanol–water partition coefficient (Wildman–Crippen LogP) is 2.39. The van der Waals surface area contributed by atoms with Crippen molar-refractivity contribution >= 4 is 34.5 Å². The number of nitrogens with two attached hydrogens (primary N) is 2. The Morgan fingerprint density at radius 1 is 1.15 bits per heavy atom. The molecule has 1 unspecified atom stereocenters. The molecule has 6 N–H and O–H groups in total. The van der Waals surface area contributed by atoms with E-state index >= 15 is 0 Å². The standard InChI is InChI=1S/C24H21F5N10O2/c1-22(11-5-3-10(4-6-11)20(40)38-31)14-16(30)35-18(36-17(14)37-21(22)41)15-12-9-32-39(2)19(12)34-13(33-15)7-8-23(25,26)24(27,28)29/h3-6,9H,7-8,31H2,1-2H3,(H,38,40)(H3,30,35,36,37,41)/i2D3. The first kappa shape index (κ1) is 24.0. The van der Waals surface area contributed by atoms with Gasteiger partial charge < -0.3 is 11.1 Å². The van der Waals surface area contributed by atoms with Crippen LogP contribution in [0.25, 0.3) is 22.6 Å². The molecule has 5 rings (SSSR count). The Kier molecular flexibility index (Phi) is 5.51. The number of nitrogen functional groups attached to an aromatic ring is 2. The van der Waals surface area contributed by atoms with E-state index in [2.05, 4.69) is 30.4 Å². The molecule has 1 aromatic carbocycles. The van der Waals surface area contributed by atoms with E-state index in [0.29, 0.717) is 10.2 Å². The average molecular weight is 580 g/mol. The number of anilines is 2. The summed E-state index contributed by atoms with van der Waals surface area (Å²) in [4.78, 5) is 41.6. The van der Waals surface area contributed by atoms with Crippen molar-refractivity contribution in [3.05, 3.63) is 53.0 Å². The van der Waals surface area contributed by atoms with Gasteiger partial charge in [-0.1, -0.05) is 12.1 Å². The lowest BCUT2D eigenvalue weighted by Crippen LogP contribution is -2.36. The first-order valence-corrected chi connectivity index (χ1v) is 11.7. The Bertz CT molecular complexity index is 1810. The molecule has 214 valence electrons. The van der Waals surface area contributed by atoms with E-state index in [9.17, 15) is 31.5 Å². The van der Waals surface area contributed by atoms with Crippen molar-refractivity contribution in [2.45, 2.75) is 37.3 Å². The third kappa shape index (κ3) is 4.47. The largest absolute Gasteiger partial charge is 0.453 e. The molecular weight excluding hydrogens is 555 g/mol. The minimum Gasteiger partial charge on any atom is -0.383 e. The van der Waals surface area contributed by atoms with E-state index in [1.165, 1.54) is 31.2 Å². The molecule has 1 atom stereocenters. The number of hydrogen-bond acceptors (Lipinski definition) is 9. The Labute approximate surface area is 231 Å². The van der Waals surface area contributed by atoms with Crippen molar-refractivity contribution in [1.82, 2.24) is 35.1 Å². The van der Waals surface area contributed by atoms with Crippen LogP contribution in [0.1, 0.15) is 44.8 Å². The molecule has 4 heterocycles. The van der Waals surface area contributed by atoms with Gasteiger partial charge in [-0.25, -0.2) is 25.8 Å². The Balaban J connectivity index is 1.63. The Morgan fingerprint density at radius 3 is 2.49 bits per heavy atom. The summed E-state index contributed by atoms with van der Waals surface area (Å²) < 4.78 is 89.4. The number of rotatable bonds is 6. The highest BCUT2D eigenvalue weighted by Gasteiger charge is 2.56. The smallest absolute Gasteiger partial charge is 0.383 e. The third-order valence-corrected chi connectivity index (χ3v) is 6.74. The molecule has 17 heteroatoms. The first-order chi connectivity index (χ1) is 20.4. The number of carbonyl (C=O) groups excluding carboxylic acids is 2. The van der Waals surface area contributed by atoms with E-state index in [-0.39, 0.29) is 39.7 Å². The van der Waals surface area contributed by atoms with Crippen LogP contribution in [-0.4, -0.2) is 53.6 Å². The fraction of sp³-hybridized carbons (Fsp3) is 0.292. The van der Waals surface area contributed by atoms with Crippen molar-refractivity contribution in [3.8, 4) is 11.5 Å². The van der Waals surface area contributed by atoms with E-state index in [1.54, 1.807) is 0 Å². The topological polar surface area (TPSA) is 180 Å². The number of carbonyl (C=O) groups is 2. The number of nitrogens with zero attached hydrogens (tertiary/aromatic N) is 6. The summed E-state index contributed by atoms with van der Waals surface area (Å²) in [6.45, 7) is -1.37. The summed E-state index contributed by atoms with van der Waals surface area (Å²) in [5.74, 6) is -2.23. The van der Waals surface area contributed by atoms with E-state index in [4.69, 9.17) is 15.7 Å². The zero-order chi connectivity index (χ0) is 32.4. The second-order valence-electron chi connectivity index (χ2n) is 9.27. The number of aromatic nitrogens is 6. The Hall–Kier alpha value is -4.80. The van der Waals surface area contributed by atoms with Gasteiger partial charge >= 0.3 is 12.1 Å². The normalized spacial score (nSPS) is 18.4. The van der Waals surface area contributed by atoms with Crippen LogP contribution in [0.15, 0.2) is 30.5 Å². The number of benzene rings is 1. The van der Waals surface area contributed by atoms with E-state index in [1.807, 2.05) is 5.43 Å². The second-order valence-corrected chi connectivity index (χ2v) is 9.27. The van der Waals surface area contributed by atoms with Crippen LogP contribution in [0, 0.1) is 0 Å². The van der Waals surface area contributed by atoms with Crippen molar-refractivity contribution in [2.75, 3.05) is 11.1 Å². The molecule has 0 saturated heterocycles. The number of fused-ring (bicyclic) bond motifs is 2. The lowest BCUT2D eigenvalue weighted by atomic mass is 9.77. The van der Waals surface area contributed by atoms with E-state index < -0.39 is 60.6 Å². The fourth-order valence-corrected chi connectivity index (χ4v) is 4.47. The summed E-state index contributed by atoms with van der Waals surface area (Å²) in [6, 6.07) is 5.88. The van der Waals surface area contributed by atoms with Crippen LogP contribution in [0.4, 0.5) is 33.6 Å². The van der Waals surface area contributed by atoms with Crippen LogP contribution >= 0.6 is 0 Å². The summed E-state index contributed by atoms with van der Waals surface area (Å²) in [7, 11) is 0. The quantitative estimate of drug-likeness (QED) is 0.115. The Morgan fingerprint density at radius 2 is 1.85 bits per heavy atom. The summed E-state index contributed by atoms with van der Waals surface area (Å²) in [5, 5.41) is 6.28. The molecule has 0 aliphatic carbocycles. The second kappa shape index (κ2) is 9.39. The summed E-state index contributed by atoms with van der Waals surface area (Å²) in [6.07, 6.45) is -7.52. The van der Waals surface area contributed by atoms with Gasteiger partial charge in [-0.15, -0.1) is 0 Å². The molecule has 0 spiro atoms. The van der Waals surface area contributed by atoms with Crippen LogP contribution in [-0.2, 0) is 23.6 Å². The van der Waals surface area contributed by atoms with Gasteiger partial charge in [0.2, 0.25) is 5.91 Å². The van der Waals surface area contributed by atoms with Gasteiger partial charge in [0, 0.05) is 29.5 Å². The van der Waals surface area contributed by atoms with Crippen LogP contribution in [0.3, 0.4) is 0 Å². The lowest BCUT2D eigenvalue weighted by molar-refractivity contribution is -0.284. The van der Waals surface area contributed by atoms with Crippen molar-refractivity contribution in [2.24, 2.45) is 12.8 Å². The molecule has 12 nitrogen and oxygen atoms in total. The highest BCUT2D eigenvalue weighted by molar-refractivity contribution is 6.09. The zero-order valence-electron chi connectivity index (χ0n) is 23.8. The molecule has 4 aromatic rings. The first-order valence-electron chi connectivity index (χ1n) is 13.2. The molecule has 3 aromatic heterocycles. The molecule has 0 fully saturated rings. The number of halogens is 5. The third-order valence-electron chi connectivity index (χ3n) is 6.74. The number of alkyl halides is 5. The molecular formula is C24H21F5N10O2. The number of hydrogen-bond donors (Lipinski definition) is 4. The highest BCUT2D eigenvalue weighted by atomic mass is 19.4. The minimum atomic E-state index is -5.83. The number of amides is 2. The molecule has 0 radical (unpaired) electrons. The van der Waals surface area contributed by atoms with Gasteiger partial charge in [0.25, 0.3) is 5.91 Å². The molecule has 41 heavy (non-hydrogen) atoms. The van der Waals surface area contributed by atoms with Gasteiger partial charge in [-0.3, -0.25) is 19.7 Å². The molecule has 0 bridgehead atoms. The maximum Gasteiger partial charge on any atom is 0.453 e. The fourth-order valence-electron chi connectivity index (χ4n) is 4.47. The average Bonchev–Trinajstić information content (AvgIpc) is 3.49. The van der Waals surface area contributed by atoms with Gasteiger partial charge in [-0.2, -0.15) is 27.1 Å². The van der Waals surface area contributed by atoms with Crippen LogP contribution in [0.5, 0.6) is 0 Å². The van der Waals surface area contributed by atoms with Crippen molar-refractivity contribution < 1.29 is 35.7 Å². The van der Waals surface area contributed by atoms with Gasteiger partial charge in [-0.05, 0) is 24.6 Å². The minimum absolute atomic E-state index is 0.0658. The van der Waals surface area contributed by atoms with E-state index in [0.717, 1.165) is 6.20 Å². The van der Waals surface area contributed by atoms with Crippen LogP contribution in [0.2, 0.25) is 0 Å². The number of hydrazine groups is 1. The van der Waals surface area contributed by atoms with Gasteiger partial charge in [0.05, 0.1) is 17.1 Å². The predicted molar refractivity (Wildman–Crippen MR) is 134 cm³/mol. The molecule has 0 saturated carbocycles. The summed E-state index contributed by atoms with van der Waals surface area (Å²) in [5.41, 5.74) is 6.94. The van der Waals surface area contributed by atoms with Gasteiger partial charge in [0.1, 0.15) is 28.6 Å². The van der Waals surface area contributed by atoms with Crippen molar-refractivity contribution in [3.63, 3.8) is 0 Å². The number of aryl methyl sites for hydroxylation is 2. The van der Waals surface area contributed by atoms with Crippen LogP contribution < -0.4 is 22.3 Å². The maximum absolute atomic E-state index is 13.7. The maximum atomic E-state index is 13.7. The molecule has 1 aliphatic heterocycles. The SMILES string of the molecule is [2H]C([2H])([2H])n1ncc2c(-c3nc(N)c4c(n3)NC(=O)C4(C)c3ccc(C(=O)NN)cc3)nc(CCC(F)(F)C(F)(F)F)nc21. The monoisotopic (exact) mass is 579 g/mol. The lowest BCUT2D eigenvalue weighted by Gasteiger charge is -2.23. The number of nitrogens with one attached hydrogen (secondary N) is 2. The van der Waals surface area contributed by atoms with Gasteiger partial charge in [0.15, 0.2) is 11.5 Å². The highest BCUT2D eigenvalue weighted by Crippen LogP contribution is 2.45.